The lowest BCUT2D eigenvalue weighted by Gasteiger charge is -2.49. The minimum Gasteiger partial charge on any atom is -0.508 e. The first kappa shape index (κ1) is 16.6. The first-order valence-electron chi connectivity index (χ1n) is 9.80. The molecule has 26 heavy (non-hydrogen) atoms. The zero-order valence-electron chi connectivity index (χ0n) is 15.2. The van der Waals surface area contributed by atoms with Crippen molar-refractivity contribution in [1.82, 2.24) is 0 Å². The zero-order chi connectivity index (χ0) is 17.9. The van der Waals surface area contributed by atoms with Gasteiger partial charge in [0.2, 0.25) is 0 Å². The van der Waals surface area contributed by atoms with Crippen LogP contribution >= 0.6 is 11.3 Å². The smallest absolute Gasteiger partial charge is 0.115 e. The van der Waals surface area contributed by atoms with Crippen LogP contribution < -0.4 is 0 Å². The van der Waals surface area contributed by atoms with Gasteiger partial charge in [0.15, 0.2) is 0 Å². The summed E-state index contributed by atoms with van der Waals surface area (Å²) in [5.41, 5.74) is 4.03. The van der Waals surface area contributed by atoms with E-state index in [4.69, 9.17) is 0 Å². The Balaban J connectivity index is 1.49. The summed E-state index contributed by atoms with van der Waals surface area (Å²) in [7, 11) is 0. The van der Waals surface area contributed by atoms with Gasteiger partial charge in [-0.1, -0.05) is 19.1 Å². The maximum Gasteiger partial charge on any atom is 0.115 e. The summed E-state index contributed by atoms with van der Waals surface area (Å²) >= 11 is 1.75. The number of benzene rings is 1. The van der Waals surface area contributed by atoms with E-state index < -0.39 is 0 Å². The summed E-state index contributed by atoms with van der Waals surface area (Å²) in [6.45, 7) is 2.32. The van der Waals surface area contributed by atoms with Crippen molar-refractivity contribution in [3.8, 4) is 5.75 Å². The second-order valence-corrected chi connectivity index (χ2v) is 9.66. The van der Waals surface area contributed by atoms with Gasteiger partial charge in [0.25, 0.3) is 0 Å². The van der Waals surface area contributed by atoms with Crippen LogP contribution in [0.3, 0.4) is 0 Å². The van der Waals surface area contributed by atoms with Gasteiger partial charge in [-0.3, -0.25) is 0 Å². The molecular formula is C23H26O2S. The highest BCUT2D eigenvalue weighted by atomic mass is 32.1. The molecule has 1 aromatic carbocycles. The molecule has 2 N–H and O–H groups in total. The van der Waals surface area contributed by atoms with Crippen LogP contribution in [0.1, 0.15) is 54.5 Å². The predicted octanol–water partition coefficient (Wildman–Crippen LogP) is 5.36. The van der Waals surface area contributed by atoms with Crippen molar-refractivity contribution in [3.63, 3.8) is 0 Å². The number of thiophene rings is 1. The van der Waals surface area contributed by atoms with Crippen LogP contribution in [0.4, 0.5) is 0 Å². The molecule has 2 saturated carbocycles. The van der Waals surface area contributed by atoms with Gasteiger partial charge in [-0.15, -0.1) is 11.3 Å². The van der Waals surface area contributed by atoms with Crippen molar-refractivity contribution in [3.05, 3.63) is 57.3 Å². The van der Waals surface area contributed by atoms with Crippen LogP contribution in [-0.4, -0.2) is 16.3 Å². The molecular weight excluding hydrogens is 340 g/mol. The number of rotatable bonds is 1. The molecule has 0 amide bonds. The average Bonchev–Trinajstić information content (AvgIpc) is 3.23. The Morgan fingerprint density at radius 1 is 1.23 bits per heavy atom. The average molecular weight is 367 g/mol. The Morgan fingerprint density at radius 3 is 2.92 bits per heavy atom. The molecule has 0 saturated heterocycles. The Bertz CT molecular complexity index is 853. The highest BCUT2D eigenvalue weighted by Gasteiger charge is 2.56. The molecule has 2 fully saturated rings. The summed E-state index contributed by atoms with van der Waals surface area (Å²) in [5.74, 6) is 2.19. The van der Waals surface area contributed by atoms with Crippen molar-refractivity contribution in [2.45, 2.75) is 51.0 Å². The third kappa shape index (κ3) is 2.40. The van der Waals surface area contributed by atoms with Crippen LogP contribution in [0.2, 0.25) is 0 Å². The number of hydrogen-bond acceptors (Lipinski definition) is 3. The second-order valence-electron chi connectivity index (χ2n) is 8.68. The molecule has 3 aliphatic rings. The monoisotopic (exact) mass is 366 g/mol. The van der Waals surface area contributed by atoms with E-state index in [-0.39, 0.29) is 11.5 Å². The number of phenols is 1. The minimum atomic E-state index is -0.309. The summed E-state index contributed by atoms with van der Waals surface area (Å²) in [6.07, 6.45) is 7.43. The molecule has 3 heteroatoms. The Morgan fingerprint density at radius 2 is 2.12 bits per heavy atom. The van der Waals surface area contributed by atoms with Gasteiger partial charge >= 0.3 is 0 Å². The third-order valence-electron chi connectivity index (χ3n) is 7.45. The molecule has 3 aliphatic carbocycles. The van der Waals surface area contributed by atoms with E-state index in [2.05, 4.69) is 36.6 Å². The third-order valence-corrected chi connectivity index (χ3v) is 8.27. The van der Waals surface area contributed by atoms with Crippen LogP contribution in [0.15, 0.2) is 41.3 Å². The number of aliphatic hydroxyl groups excluding tert-OH is 1. The molecule has 2 nitrogen and oxygen atoms in total. The summed E-state index contributed by atoms with van der Waals surface area (Å²) < 4.78 is 0. The van der Waals surface area contributed by atoms with Crippen molar-refractivity contribution in [1.29, 1.82) is 0 Å². The first-order chi connectivity index (χ1) is 12.6. The van der Waals surface area contributed by atoms with Gasteiger partial charge in [0.1, 0.15) is 5.75 Å². The normalized spacial score (nSPS) is 37.2. The summed E-state index contributed by atoms with van der Waals surface area (Å²) in [6, 6.07) is 10.2. The van der Waals surface area contributed by atoms with Crippen LogP contribution in [0.5, 0.6) is 5.75 Å². The summed E-state index contributed by atoms with van der Waals surface area (Å²) in [4.78, 5) is 1.25. The fraction of sp³-hybridized carbons (Fsp3) is 0.478. The van der Waals surface area contributed by atoms with Gasteiger partial charge in [-0.25, -0.2) is 0 Å². The van der Waals surface area contributed by atoms with Gasteiger partial charge in [0, 0.05) is 10.3 Å². The van der Waals surface area contributed by atoms with E-state index in [1.807, 2.05) is 12.1 Å². The standard InChI is InChI=1S/C23H26O2S/c1-23-9-8-19-18-7-5-16(24)11-14(18)4-6-20(19)21(23)13-15(22(23)25)12-17-3-2-10-26-17/h2-3,5,7,10-12,19-22,24-25H,4,6,8-9,13H2,1H3/t19?,20?,21?,22-,23-/m0/s1. The Kier molecular flexibility index (Phi) is 3.81. The van der Waals surface area contributed by atoms with E-state index in [9.17, 15) is 10.2 Å². The molecule has 136 valence electrons. The number of fused-ring (bicyclic) bond motifs is 5. The topological polar surface area (TPSA) is 40.5 Å². The fourth-order valence-corrected chi connectivity index (χ4v) is 6.81. The number of aryl methyl sites for hydroxylation is 1. The Labute approximate surface area is 159 Å². The van der Waals surface area contributed by atoms with E-state index in [0.29, 0.717) is 23.5 Å². The van der Waals surface area contributed by atoms with E-state index >= 15 is 0 Å². The molecule has 0 radical (unpaired) electrons. The molecule has 0 aliphatic heterocycles. The Hall–Kier alpha value is -1.58. The SMILES string of the molecule is C[C@]12CCC3c4ccc(O)cc4CCC3C1CC(=Cc1cccs1)[C@@H]2O. The largest absolute Gasteiger partial charge is 0.508 e. The molecule has 5 atom stereocenters. The minimum absolute atomic E-state index is 0.0126. The van der Waals surface area contributed by atoms with Crippen LogP contribution in [-0.2, 0) is 6.42 Å². The van der Waals surface area contributed by atoms with Gasteiger partial charge in [-0.2, -0.15) is 0 Å². The number of aromatic hydroxyl groups is 1. The fourth-order valence-electron chi connectivity index (χ4n) is 6.12. The maximum absolute atomic E-state index is 11.2. The zero-order valence-corrected chi connectivity index (χ0v) is 16.0. The number of aliphatic hydroxyl groups is 1. The van der Waals surface area contributed by atoms with Gasteiger partial charge in [-0.05, 0) is 96.2 Å². The molecule has 3 unspecified atom stereocenters. The number of phenolic OH excluding ortho intramolecular Hbond substituents is 1. The van der Waals surface area contributed by atoms with Crippen LogP contribution in [0, 0.1) is 17.3 Å². The van der Waals surface area contributed by atoms with Crippen molar-refractivity contribution in [2.24, 2.45) is 17.3 Å². The predicted molar refractivity (Wildman–Crippen MR) is 106 cm³/mol. The lowest BCUT2D eigenvalue weighted by atomic mass is 9.55. The first-order valence-corrected chi connectivity index (χ1v) is 10.7. The lowest BCUT2D eigenvalue weighted by Crippen LogP contribution is -2.44. The van der Waals surface area contributed by atoms with E-state index in [1.165, 1.54) is 28.0 Å². The van der Waals surface area contributed by atoms with Crippen molar-refractivity contribution < 1.29 is 10.2 Å². The highest BCUT2D eigenvalue weighted by Crippen LogP contribution is 2.62. The van der Waals surface area contributed by atoms with Gasteiger partial charge in [0.05, 0.1) is 6.10 Å². The molecule has 2 aromatic rings. The number of hydrogen-bond donors (Lipinski definition) is 2. The lowest BCUT2D eigenvalue weighted by molar-refractivity contribution is -0.0158. The molecule has 0 spiro atoms. The van der Waals surface area contributed by atoms with Crippen molar-refractivity contribution in [2.75, 3.05) is 0 Å². The highest BCUT2D eigenvalue weighted by molar-refractivity contribution is 7.10. The quantitative estimate of drug-likeness (QED) is 0.713. The summed E-state index contributed by atoms with van der Waals surface area (Å²) in [5, 5.41) is 23.1. The van der Waals surface area contributed by atoms with E-state index in [1.54, 1.807) is 11.3 Å². The van der Waals surface area contributed by atoms with Crippen molar-refractivity contribution >= 4 is 17.4 Å². The molecule has 0 bridgehead atoms. The van der Waals surface area contributed by atoms with E-state index in [0.717, 1.165) is 25.7 Å². The molecule has 1 aromatic heterocycles. The molecule has 1 heterocycles. The van der Waals surface area contributed by atoms with Gasteiger partial charge < -0.3 is 10.2 Å². The molecule has 5 rings (SSSR count). The maximum atomic E-state index is 11.2. The van der Waals surface area contributed by atoms with Crippen LogP contribution in [0.25, 0.3) is 6.08 Å². The second kappa shape index (κ2) is 5.97.